The summed E-state index contributed by atoms with van der Waals surface area (Å²) in [6.07, 6.45) is -3.70. The van der Waals surface area contributed by atoms with Gasteiger partial charge in [0.15, 0.2) is 0 Å². The quantitative estimate of drug-likeness (QED) is 0.678. The van der Waals surface area contributed by atoms with E-state index in [4.69, 9.17) is 5.11 Å². The number of nitrogens with one attached hydrogen (secondary N) is 1. The highest BCUT2D eigenvalue weighted by Crippen LogP contribution is 2.16. The van der Waals surface area contributed by atoms with Crippen molar-refractivity contribution in [3.63, 3.8) is 0 Å². The Morgan fingerprint density at radius 3 is 2.33 bits per heavy atom. The van der Waals surface area contributed by atoms with E-state index < -0.39 is 12.7 Å². The van der Waals surface area contributed by atoms with Gasteiger partial charge in [0, 0.05) is 19.2 Å². The van der Waals surface area contributed by atoms with Crippen molar-refractivity contribution in [3.05, 3.63) is 0 Å². The van der Waals surface area contributed by atoms with E-state index >= 15 is 0 Å². The Labute approximate surface area is 88.3 Å². The lowest BCUT2D eigenvalue weighted by Gasteiger charge is -2.26. The van der Waals surface area contributed by atoms with Crippen LogP contribution in [-0.4, -0.2) is 55.5 Å². The minimum absolute atomic E-state index is 0.0188. The second-order valence-electron chi connectivity index (χ2n) is 3.44. The lowest BCUT2D eigenvalue weighted by molar-refractivity contribution is -0.146. The molecule has 92 valence electrons. The molecular weight excluding hydrogens is 209 g/mol. The van der Waals surface area contributed by atoms with Gasteiger partial charge in [-0.05, 0) is 20.0 Å². The predicted molar refractivity (Wildman–Crippen MR) is 52.7 cm³/mol. The molecule has 0 heterocycles. The van der Waals surface area contributed by atoms with E-state index in [1.807, 2.05) is 0 Å². The van der Waals surface area contributed by atoms with E-state index in [0.29, 0.717) is 19.5 Å². The van der Waals surface area contributed by atoms with Gasteiger partial charge in [-0.3, -0.25) is 4.90 Å². The SMILES string of the molecule is CCN(CC(CCO)NC)CC(F)(F)F. The predicted octanol–water partition coefficient (Wildman–Crippen LogP) is 0.841. The molecule has 1 unspecified atom stereocenters. The molecule has 0 saturated heterocycles. The van der Waals surface area contributed by atoms with Crippen LogP contribution in [0.5, 0.6) is 0 Å². The van der Waals surface area contributed by atoms with Crippen molar-refractivity contribution in [2.45, 2.75) is 25.6 Å². The Morgan fingerprint density at radius 1 is 1.40 bits per heavy atom. The first-order valence-electron chi connectivity index (χ1n) is 5.00. The second-order valence-corrected chi connectivity index (χ2v) is 3.44. The molecule has 2 N–H and O–H groups in total. The maximum atomic E-state index is 12.1. The van der Waals surface area contributed by atoms with E-state index in [2.05, 4.69) is 5.32 Å². The smallest absolute Gasteiger partial charge is 0.396 e. The van der Waals surface area contributed by atoms with Gasteiger partial charge >= 0.3 is 6.18 Å². The average Bonchev–Trinajstić information content (AvgIpc) is 2.13. The molecule has 0 spiro atoms. The molecule has 3 nitrogen and oxygen atoms in total. The van der Waals surface area contributed by atoms with Crippen molar-refractivity contribution in [2.24, 2.45) is 0 Å². The molecule has 0 fully saturated rings. The zero-order valence-corrected chi connectivity index (χ0v) is 9.14. The van der Waals surface area contributed by atoms with Crippen LogP contribution in [0.2, 0.25) is 0 Å². The van der Waals surface area contributed by atoms with Crippen LogP contribution in [0, 0.1) is 0 Å². The van der Waals surface area contributed by atoms with E-state index in [0.717, 1.165) is 0 Å². The summed E-state index contributed by atoms with van der Waals surface area (Å²) in [6.45, 7) is 1.43. The van der Waals surface area contributed by atoms with Crippen LogP contribution in [0.4, 0.5) is 13.2 Å². The van der Waals surface area contributed by atoms with Gasteiger partial charge in [-0.25, -0.2) is 0 Å². The average molecular weight is 228 g/mol. The normalized spacial score (nSPS) is 14.6. The maximum Gasteiger partial charge on any atom is 0.401 e. The van der Waals surface area contributed by atoms with E-state index in [-0.39, 0.29) is 12.6 Å². The molecule has 0 radical (unpaired) electrons. The number of aliphatic hydroxyl groups excluding tert-OH is 1. The highest BCUT2D eigenvalue weighted by Gasteiger charge is 2.30. The fourth-order valence-electron chi connectivity index (χ4n) is 1.35. The highest BCUT2D eigenvalue weighted by atomic mass is 19.4. The number of alkyl halides is 3. The maximum absolute atomic E-state index is 12.1. The molecule has 0 amide bonds. The molecule has 0 aromatic carbocycles. The third-order valence-corrected chi connectivity index (χ3v) is 2.21. The molecule has 0 aromatic rings. The van der Waals surface area contributed by atoms with Gasteiger partial charge in [-0.2, -0.15) is 13.2 Å². The van der Waals surface area contributed by atoms with Crippen LogP contribution in [0.1, 0.15) is 13.3 Å². The van der Waals surface area contributed by atoms with Crippen molar-refractivity contribution < 1.29 is 18.3 Å². The zero-order valence-electron chi connectivity index (χ0n) is 9.14. The molecule has 0 rings (SSSR count). The Bertz CT molecular complexity index is 164. The first kappa shape index (κ1) is 14.7. The summed E-state index contributed by atoms with van der Waals surface area (Å²) in [4.78, 5) is 1.32. The van der Waals surface area contributed by atoms with Gasteiger partial charge in [-0.15, -0.1) is 0 Å². The Balaban J connectivity index is 4.06. The molecule has 0 aliphatic carbocycles. The van der Waals surface area contributed by atoms with Crippen LogP contribution in [0.3, 0.4) is 0 Å². The molecule has 6 heteroatoms. The van der Waals surface area contributed by atoms with Crippen LogP contribution in [-0.2, 0) is 0 Å². The Morgan fingerprint density at radius 2 is 2.00 bits per heavy atom. The van der Waals surface area contributed by atoms with Crippen molar-refractivity contribution in [2.75, 3.05) is 33.3 Å². The summed E-state index contributed by atoms with van der Waals surface area (Å²) >= 11 is 0. The fourth-order valence-corrected chi connectivity index (χ4v) is 1.35. The Hall–Kier alpha value is -0.330. The minimum atomic E-state index is -4.16. The van der Waals surface area contributed by atoms with Gasteiger partial charge in [-0.1, -0.05) is 6.92 Å². The van der Waals surface area contributed by atoms with Gasteiger partial charge in [0.25, 0.3) is 0 Å². The standard InChI is InChI=1S/C9H19F3N2O/c1-3-14(7-9(10,11)12)6-8(13-2)4-5-15/h8,13,15H,3-7H2,1-2H3. The molecule has 0 aliphatic heterocycles. The third-order valence-electron chi connectivity index (χ3n) is 2.21. The highest BCUT2D eigenvalue weighted by molar-refractivity contribution is 4.71. The largest absolute Gasteiger partial charge is 0.401 e. The monoisotopic (exact) mass is 228 g/mol. The molecule has 0 aromatic heterocycles. The molecule has 0 saturated carbocycles. The summed E-state index contributed by atoms with van der Waals surface area (Å²) in [5.41, 5.74) is 0. The van der Waals surface area contributed by atoms with E-state index in [9.17, 15) is 13.2 Å². The van der Waals surface area contributed by atoms with Gasteiger partial charge in [0.05, 0.1) is 6.54 Å². The zero-order chi connectivity index (χ0) is 11.9. The van der Waals surface area contributed by atoms with E-state index in [1.54, 1.807) is 14.0 Å². The molecule has 0 aliphatic rings. The fraction of sp³-hybridized carbons (Fsp3) is 1.00. The van der Waals surface area contributed by atoms with Crippen LogP contribution < -0.4 is 5.32 Å². The lowest BCUT2D eigenvalue weighted by atomic mass is 10.2. The Kier molecular flexibility index (Phi) is 6.87. The molecule has 0 bridgehead atoms. The van der Waals surface area contributed by atoms with Crippen molar-refractivity contribution in [1.82, 2.24) is 10.2 Å². The second kappa shape index (κ2) is 7.03. The van der Waals surface area contributed by atoms with E-state index in [1.165, 1.54) is 4.90 Å². The van der Waals surface area contributed by atoms with Crippen molar-refractivity contribution in [1.29, 1.82) is 0 Å². The summed E-state index contributed by atoms with van der Waals surface area (Å²) < 4.78 is 36.4. The van der Waals surface area contributed by atoms with Gasteiger partial charge in [0.2, 0.25) is 0 Å². The summed E-state index contributed by atoms with van der Waals surface area (Å²) in [7, 11) is 1.68. The van der Waals surface area contributed by atoms with Crippen LogP contribution in [0.15, 0.2) is 0 Å². The van der Waals surface area contributed by atoms with Crippen LogP contribution in [0.25, 0.3) is 0 Å². The van der Waals surface area contributed by atoms with Crippen molar-refractivity contribution in [3.8, 4) is 0 Å². The van der Waals surface area contributed by atoms with Crippen LogP contribution >= 0.6 is 0 Å². The number of hydrogen-bond donors (Lipinski definition) is 2. The van der Waals surface area contributed by atoms with Gasteiger partial charge < -0.3 is 10.4 Å². The number of halogens is 3. The summed E-state index contributed by atoms with van der Waals surface area (Å²) in [6, 6.07) is -0.0997. The van der Waals surface area contributed by atoms with Crippen molar-refractivity contribution >= 4 is 0 Å². The molecule has 15 heavy (non-hydrogen) atoms. The molecule has 1 atom stereocenters. The topological polar surface area (TPSA) is 35.5 Å². The minimum Gasteiger partial charge on any atom is -0.396 e. The first-order chi connectivity index (χ1) is 6.92. The number of aliphatic hydroxyl groups is 1. The third kappa shape index (κ3) is 7.58. The molecular formula is C9H19F3N2O. The number of hydrogen-bond acceptors (Lipinski definition) is 3. The number of likely N-dealkylation sites (N-methyl/N-ethyl adjacent to an activating group) is 2. The summed E-state index contributed by atoms with van der Waals surface area (Å²) in [5, 5.41) is 11.6. The number of nitrogens with zero attached hydrogens (tertiary/aromatic N) is 1. The lowest BCUT2D eigenvalue weighted by Crippen LogP contribution is -2.43. The first-order valence-corrected chi connectivity index (χ1v) is 5.00. The summed E-state index contributed by atoms with van der Waals surface area (Å²) in [5.74, 6) is 0. The number of rotatable bonds is 7. The van der Waals surface area contributed by atoms with Gasteiger partial charge in [0.1, 0.15) is 0 Å².